The van der Waals surface area contributed by atoms with Crippen LogP contribution in [0.25, 0.3) is 0 Å². The van der Waals surface area contributed by atoms with Gasteiger partial charge in [-0.15, -0.1) is 11.3 Å². The second-order valence-electron chi connectivity index (χ2n) is 6.67. The zero-order valence-corrected chi connectivity index (χ0v) is 15.3. The number of carbonyl (C=O) groups is 2. The monoisotopic (exact) mass is 349 g/mol. The number of likely N-dealkylation sites (tertiary alicyclic amines) is 1. The fourth-order valence-corrected chi connectivity index (χ4v) is 4.29. The molecular weight excluding hydrogens is 322 g/mol. The standard InChI is InChI=1S/C18H27N3O2S/c1-2-19-9-11-21(12-10-19)18(23)15-5-7-20(8-6-15)17(22)14-16-4-3-13-24-16/h3-4,13,15H,2,5-12,14H2,1H3. The molecule has 6 heteroatoms. The second-order valence-corrected chi connectivity index (χ2v) is 7.70. The highest BCUT2D eigenvalue weighted by Crippen LogP contribution is 2.22. The van der Waals surface area contributed by atoms with Crippen LogP contribution in [0.1, 0.15) is 24.6 Å². The van der Waals surface area contributed by atoms with E-state index in [1.165, 1.54) is 0 Å². The van der Waals surface area contributed by atoms with Crippen molar-refractivity contribution in [3.8, 4) is 0 Å². The van der Waals surface area contributed by atoms with Gasteiger partial charge in [0.1, 0.15) is 0 Å². The first-order chi connectivity index (χ1) is 11.7. The molecule has 1 aromatic rings. The first-order valence-electron chi connectivity index (χ1n) is 8.98. The molecular formula is C18H27N3O2S. The lowest BCUT2D eigenvalue weighted by atomic mass is 9.94. The van der Waals surface area contributed by atoms with Crippen molar-refractivity contribution < 1.29 is 9.59 Å². The molecule has 2 aliphatic heterocycles. The van der Waals surface area contributed by atoms with Crippen molar-refractivity contribution in [1.29, 1.82) is 0 Å². The van der Waals surface area contributed by atoms with Crippen LogP contribution in [0.15, 0.2) is 17.5 Å². The van der Waals surface area contributed by atoms with Crippen LogP contribution < -0.4 is 0 Å². The van der Waals surface area contributed by atoms with Gasteiger partial charge in [-0.25, -0.2) is 0 Å². The van der Waals surface area contributed by atoms with E-state index >= 15 is 0 Å². The van der Waals surface area contributed by atoms with Crippen LogP contribution in [0.4, 0.5) is 0 Å². The Hall–Kier alpha value is -1.40. The number of rotatable bonds is 4. The molecule has 0 aliphatic carbocycles. The van der Waals surface area contributed by atoms with E-state index in [1.807, 2.05) is 27.3 Å². The Kier molecular flexibility index (Phi) is 5.89. The molecule has 0 aromatic carbocycles. The fraction of sp³-hybridized carbons (Fsp3) is 0.667. The maximum atomic E-state index is 12.7. The van der Waals surface area contributed by atoms with E-state index < -0.39 is 0 Å². The Morgan fingerprint density at radius 1 is 1.08 bits per heavy atom. The minimum Gasteiger partial charge on any atom is -0.342 e. The average molecular weight is 350 g/mol. The van der Waals surface area contributed by atoms with Crippen molar-refractivity contribution in [3.63, 3.8) is 0 Å². The summed E-state index contributed by atoms with van der Waals surface area (Å²) in [5, 5.41) is 2.01. The topological polar surface area (TPSA) is 43.9 Å². The van der Waals surface area contributed by atoms with E-state index in [4.69, 9.17) is 0 Å². The summed E-state index contributed by atoms with van der Waals surface area (Å²) in [7, 11) is 0. The Morgan fingerprint density at radius 2 is 1.79 bits per heavy atom. The first-order valence-corrected chi connectivity index (χ1v) is 9.86. The van der Waals surface area contributed by atoms with E-state index in [2.05, 4.69) is 11.8 Å². The molecule has 0 atom stereocenters. The summed E-state index contributed by atoms with van der Waals surface area (Å²) in [5.41, 5.74) is 0. The molecule has 24 heavy (non-hydrogen) atoms. The lowest BCUT2D eigenvalue weighted by molar-refractivity contribution is -0.141. The van der Waals surface area contributed by atoms with Gasteiger partial charge in [0.05, 0.1) is 6.42 Å². The normalized spacial score (nSPS) is 20.4. The predicted octanol–water partition coefficient (Wildman–Crippen LogP) is 1.69. The smallest absolute Gasteiger partial charge is 0.227 e. The molecule has 0 bridgehead atoms. The lowest BCUT2D eigenvalue weighted by Gasteiger charge is -2.38. The van der Waals surface area contributed by atoms with Gasteiger partial charge < -0.3 is 14.7 Å². The van der Waals surface area contributed by atoms with Gasteiger partial charge in [0.2, 0.25) is 11.8 Å². The van der Waals surface area contributed by atoms with Crippen LogP contribution in [0.5, 0.6) is 0 Å². The highest BCUT2D eigenvalue weighted by molar-refractivity contribution is 7.10. The summed E-state index contributed by atoms with van der Waals surface area (Å²) in [5.74, 6) is 0.597. The molecule has 2 amide bonds. The Balaban J connectivity index is 1.44. The minimum atomic E-state index is 0.101. The number of hydrogen-bond acceptors (Lipinski definition) is 4. The number of carbonyl (C=O) groups excluding carboxylic acids is 2. The lowest BCUT2D eigenvalue weighted by Crippen LogP contribution is -2.51. The van der Waals surface area contributed by atoms with Gasteiger partial charge in [-0.3, -0.25) is 9.59 Å². The summed E-state index contributed by atoms with van der Waals surface area (Å²) in [6.45, 7) is 8.34. The minimum absolute atomic E-state index is 0.101. The van der Waals surface area contributed by atoms with Crippen molar-refractivity contribution in [3.05, 3.63) is 22.4 Å². The van der Waals surface area contributed by atoms with Gasteiger partial charge in [0.25, 0.3) is 0 Å². The van der Waals surface area contributed by atoms with Crippen molar-refractivity contribution in [2.75, 3.05) is 45.8 Å². The van der Waals surface area contributed by atoms with Gasteiger partial charge >= 0.3 is 0 Å². The van der Waals surface area contributed by atoms with Crippen LogP contribution >= 0.6 is 11.3 Å². The molecule has 2 fully saturated rings. The van der Waals surface area contributed by atoms with E-state index in [0.29, 0.717) is 12.3 Å². The summed E-state index contributed by atoms with van der Waals surface area (Å²) >= 11 is 1.63. The van der Waals surface area contributed by atoms with E-state index in [9.17, 15) is 9.59 Å². The molecule has 0 radical (unpaired) electrons. The molecule has 3 heterocycles. The highest BCUT2D eigenvalue weighted by Gasteiger charge is 2.31. The van der Waals surface area contributed by atoms with Crippen LogP contribution in [-0.2, 0) is 16.0 Å². The predicted molar refractivity (Wildman–Crippen MR) is 96.0 cm³/mol. The Bertz CT molecular complexity index is 545. The third-order valence-electron chi connectivity index (χ3n) is 5.23. The van der Waals surface area contributed by atoms with E-state index in [0.717, 1.165) is 63.5 Å². The third kappa shape index (κ3) is 4.16. The zero-order valence-electron chi connectivity index (χ0n) is 14.4. The van der Waals surface area contributed by atoms with Crippen LogP contribution in [0, 0.1) is 5.92 Å². The van der Waals surface area contributed by atoms with Gasteiger partial charge in [0, 0.05) is 50.1 Å². The molecule has 0 saturated carbocycles. The highest BCUT2D eigenvalue weighted by atomic mass is 32.1. The number of piperidine rings is 1. The molecule has 3 rings (SSSR count). The first kappa shape index (κ1) is 17.4. The summed E-state index contributed by atoms with van der Waals surface area (Å²) < 4.78 is 0. The summed E-state index contributed by atoms with van der Waals surface area (Å²) in [6, 6.07) is 3.99. The number of nitrogens with zero attached hydrogens (tertiary/aromatic N) is 3. The molecule has 1 aromatic heterocycles. The number of hydrogen-bond donors (Lipinski definition) is 0. The maximum absolute atomic E-state index is 12.7. The third-order valence-corrected chi connectivity index (χ3v) is 6.11. The van der Waals surface area contributed by atoms with Crippen LogP contribution in [0.3, 0.4) is 0 Å². The number of piperazine rings is 1. The number of thiophene rings is 1. The van der Waals surface area contributed by atoms with Gasteiger partial charge in [-0.1, -0.05) is 13.0 Å². The van der Waals surface area contributed by atoms with E-state index in [-0.39, 0.29) is 11.8 Å². The Labute approximate surface area is 148 Å². The van der Waals surface area contributed by atoms with Gasteiger partial charge in [0.15, 0.2) is 0 Å². The van der Waals surface area contributed by atoms with Gasteiger partial charge in [-0.2, -0.15) is 0 Å². The molecule has 2 saturated heterocycles. The fourth-order valence-electron chi connectivity index (χ4n) is 3.59. The quantitative estimate of drug-likeness (QED) is 0.831. The second kappa shape index (κ2) is 8.12. The molecule has 0 N–H and O–H groups in total. The molecule has 132 valence electrons. The van der Waals surface area contributed by atoms with Gasteiger partial charge in [-0.05, 0) is 30.8 Å². The van der Waals surface area contributed by atoms with Crippen LogP contribution in [0.2, 0.25) is 0 Å². The molecule has 0 spiro atoms. The maximum Gasteiger partial charge on any atom is 0.227 e. The average Bonchev–Trinajstić information content (AvgIpc) is 3.14. The SMILES string of the molecule is CCN1CCN(C(=O)C2CCN(C(=O)Cc3cccs3)CC2)CC1. The van der Waals surface area contributed by atoms with Crippen molar-refractivity contribution in [2.24, 2.45) is 5.92 Å². The summed E-state index contributed by atoms with van der Waals surface area (Å²) in [6.07, 6.45) is 2.11. The molecule has 2 aliphatic rings. The van der Waals surface area contributed by atoms with Crippen molar-refractivity contribution in [1.82, 2.24) is 14.7 Å². The van der Waals surface area contributed by atoms with Crippen molar-refractivity contribution in [2.45, 2.75) is 26.2 Å². The molecule has 0 unspecified atom stereocenters. The van der Waals surface area contributed by atoms with E-state index in [1.54, 1.807) is 11.3 Å². The number of likely N-dealkylation sites (N-methyl/N-ethyl adjacent to an activating group) is 1. The Morgan fingerprint density at radius 3 is 2.38 bits per heavy atom. The molecule has 5 nitrogen and oxygen atoms in total. The number of amides is 2. The largest absolute Gasteiger partial charge is 0.342 e. The van der Waals surface area contributed by atoms with Crippen molar-refractivity contribution >= 4 is 23.2 Å². The van der Waals surface area contributed by atoms with Crippen LogP contribution in [-0.4, -0.2) is 72.3 Å². The zero-order chi connectivity index (χ0) is 16.9. The summed E-state index contributed by atoms with van der Waals surface area (Å²) in [4.78, 5) is 32.5.